The zero-order valence-electron chi connectivity index (χ0n) is 21.2. The van der Waals surface area contributed by atoms with Gasteiger partial charge in [-0.3, -0.25) is 14.2 Å². The first-order chi connectivity index (χ1) is 17.9. The van der Waals surface area contributed by atoms with Gasteiger partial charge in [0.1, 0.15) is 5.75 Å². The lowest BCUT2D eigenvalue weighted by molar-refractivity contribution is -0.131. The van der Waals surface area contributed by atoms with Crippen LogP contribution < -0.4 is 4.74 Å². The fraction of sp³-hybridized carbons (Fsp3) is 0.290. The van der Waals surface area contributed by atoms with E-state index in [0.717, 1.165) is 54.5 Å². The molecule has 5 rings (SSSR count). The number of nitrogens with zero attached hydrogens (tertiary/aromatic N) is 2. The molecule has 0 N–H and O–H groups in total. The lowest BCUT2D eigenvalue weighted by atomic mass is 9.90. The molecule has 0 spiro atoms. The Labute approximate surface area is 222 Å². The molecule has 3 aromatic carbocycles. The number of hydrogen-bond acceptors (Lipinski definition) is 3. The second-order valence-corrected chi connectivity index (χ2v) is 10.2. The third-order valence-electron chi connectivity index (χ3n) is 7.50. The molecular weight excluding hydrogens is 484 g/mol. The number of carbonyl (C=O) groups is 2. The van der Waals surface area contributed by atoms with Crippen molar-refractivity contribution in [2.24, 2.45) is 5.92 Å². The minimum absolute atomic E-state index is 0.0991. The first-order valence-electron chi connectivity index (χ1n) is 12.7. The minimum atomic E-state index is -0.148. The summed E-state index contributed by atoms with van der Waals surface area (Å²) >= 11 is 6.03. The van der Waals surface area contributed by atoms with Gasteiger partial charge in [-0.1, -0.05) is 41.9 Å². The van der Waals surface area contributed by atoms with Crippen LogP contribution in [0.3, 0.4) is 0 Å². The Bertz CT molecular complexity index is 1420. The number of benzene rings is 3. The van der Waals surface area contributed by atoms with E-state index in [4.69, 9.17) is 16.3 Å². The number of ether oxygens (including phenoxy) is 1. The third-order valence-corrected chi connectivity index (χ3v) is 7.75. The van der Waals surface area contributed by atoms with E-state index in [9.17, 15) is 9.59 Å². The number of aromatic nitrogens is 1. The molecule has 1 fully saturated rings. The maximum Gasteiger partial charge on any atom is 0.262 e. The highest BCUT2D eigenvalue weighted by molar-refractivity contribution is 6.30. The minimum Gasteiger partial charge on any atom is -0.497 e. The summed E-state index contributed by atoms with van der Waals surface area (Å²) in [6.07, 6.45) is 3.32. The van der Waals surface area contributed by atoms with E-state index < -0.39 is 0 Å². The molecule has 6 heteroatoms. The molecule has 1 aliphatic rings. The van der Waals surface area contributed by atoms with Crippen molar-refractivity contribution in [1.29, 1.82) is 0 Å². The number of methoxy groups -OCH3 is 1. The highest BCUT2D eigenvalue weighted by Gasteiger charge is 2.26. The van der Waals surface area contributed by atoms with Crippen LogP contribution >= 0.6 is 11.6 Å². The predicted octanol–water partition coefficient (Wildman–Crippen LogP) is 6.32. The van der Waals surface area contributed by atoms with Crippen LogP contribution in [0, 0.1) is 12.8 Å². The lowest BCUT2D eigenvalue weighted by Gasteiger charge is -2.32. The summed E-state index contributed by atoms with van der Waals surface area (Å²) in [7, 11) is 1.62. The number of likely N-dealkylation sites (tertiary alicyclic amines) is 1. The number of carbonyl (C=O) groups excluding carboxylic acids is 2. The standard InChI is InChI=1S/C31H31ClN2O3/c1-21-27(20-30(35)33-16-14-23(15-17-33)18-22-6-4-3-5-7-22)28-19-26(37-2)12-13-29(28)34(21)31(36)24-8-10-25(32)11-9-24/h3-13,19,23H,14-18,20H2,1-2H3. The van der Waals surface area contributed by atoms with Crippen LogP contribution in [0.2, 0.25) is 5.02 Å². The smallest absolute Gasteiger partial charge is 0.262 e. The normalized spacial score (nSPS) is 14.2. The van der Waals surface area contributed by atoms with Crippen molar-refractivity contribution in [2.75, 3.05) is 20.2 Å². The molecular formula is C31H31ClN2O3. The third kappa shape index (κ3) is 5.28. The average molecular weight is 515 g/mol. The van der Waals surface area contributed by atoms with Crippen molar-refractivity contribution >= 4 is 34.3 Å². The molecule has 0 atom stereocenters. The van der Waals surface area contributed by atoms with E-state index in [0.29, 0.717) is 22.3 Å². The maximum absolute atomic E-state index is 13.5. The van der Waals surface area contributed by atoms with E-state index in [-0.39, 0.29) is 18.2 Å². The molecule has 0 unspecified atom stereocenters. The molecule has 0 bridgehead atoms. The lowest BCUT2D eigenvalue weighted by Crippen LogP contribution is -2.39. The molecule has 0 saturated carbocycles. The van der Waals surface area contributed by atoms with Crippen molar-refractivity contribution in [3.8, 4) is 5.75 Å². The van der Waals surface area contributed by atoms with E-state index >= 15 is 0 Å². The number of piperidine rings is 1. The van der Waals surface area contributed by atoms with Gasteiger partial charge in [-0.2, -0.15) is 0 Å². The molecule has 2 heterocycles. The zero-order valence-corrected chi connectivity index (χ0v) is 22.0. The van der Waals surface area contributed by atoms with Crippen LogP contribution in [-0.2, 0) is 17.6 Å². The number of hydrogen-bond donors (Lipinski definition) is 0. The van der Waals surface area contributed by atoms with Crippen LogP contribution in [0.1, 0.15) is 40.0 Å². The molecule has 1 aliphatic heterocycles. The first kappa shape index (κ1) is 25.1. The summed E-state index contributed by atoms with van der Waals surface area (Å²) in [5.41, 5.74) is 4.30. The van der Waals surface area contributed by atoms with Crippen LogP contribution in [0.5, 0.6) is 5.75 Å². The molecule has 37 heavy (non-hydrogen) atoms. The molecule has 1 amide bonds. The van der Waals surface area contributed by atoms with E-state index in [1.54, 1.807) is 35.9 Å². The molecule has 0 aliphatic carbocycles. The Kier molecular flexibility index (Phi) is 7.33. The van der Waals surface area contributed by atoms with Crippen molar-refractivity contribution in [2.45, 2.75) is 32.6 Å². The van der Waals surface area contributed by atoms with E-state index in [1.807, 2.05) is 36.1 Å². The van der Waals surface area contributed by atoms with Gasteiger partial charge in [-0.05, 0) is 85.7 Å². The SMILES string of the molecule is COc1ccc2c(c1)c(CC(=O)N1CCC(Cc3ccccc3)CC1)c(C)n2C(=O)c1ccc(Cl)cc1. The summed E-state index contributed by atoms with van der Waals surface area (Å²) in [5.74, 6) is 1.24. The van der Waals surface area contributed by atoms with Gasteiger partial charge in [0, 0.05) is 34.8 Å². The van der Waals surface area contributed by atoms with Gasteiger partial charge in [0.2, 0.25) is 5.91 Å². The Morgan fingerprint density at radius 2 is 1.68 bits per heavy atom. The van der Waals surface area contributed by atoms with Crippen LogP contribution in [0.15, 0.2) is 72.8 Å². The summed E-state index contributed by atoms with van der Waals surface area (Å²) in [6.45, 7) is 3.44. The van der Waals surface area contributed by atoms with Crippen molar-refractivity contribution in [3.63, 3.8) is 0 Å². The molecule has 1 saturated heterocycles. The fourth-order valence-corrected chi connectivity index (χ4v) is 5.52. The van der Waals surface area contributed by atoms with Gasteiger partial charge in [-0.15, -0.1) is 0 Å². The predicted molar refractivity (Wildman–Crippen MR) is 148 cm³/mol. The largest absolute Gasteiger partial charge is 0.497 e. The number of fused-ring (bicyclic) bond motifs is 1. The topological polar surface area (TPSA) is 51.5 Å². The molecule has 190 valence electrons. The molecule has 1 aromatic heterocycles. The summed E-state index contributed by atoms with van der Waals surface area (Å²) < 4.78 is 7.16. The molecule has 0 radical (unpaired) electrons. The maximum atomic E-state index is 13.5. The highest BCUT2D eigenvalue weighted by atomic mass is 35.5. The Balaban J connectivity index is 1.38. The van der Waals surface area contributed by atoms with E-state index in [2.05, 4.69) is 24.3 Å². The zero-order chi connectivity index (χ0) is 25.9. The van der Waals surface area contributed by atoms with Gasteiger partial charge in [0.15, 0.2) is 0 Å². The average Bonchev–Trinajstić information content (AvgIpc) is 3.19. The Morgan fingerprint density at radius 1 is 0.973 bits per heavy atom. The van der Waals surface area contributed by atoms with Crippen LogP contribution in [0.25, 0.3) is 10.9 Å². The fourth-order valence-electron chi connectivity index (χ4n) is 5.39. The quantitative estimate of drug-likeness (QED) is 0.302. The van der Waals surface area contributed by atoms with Gasteiger partial charge < -0.3 is 9.64 Å². The summed E-state index contributed by atoms with van der Waals surface area (Å²) in [6, 6.07) is 23.1. The second-order valence-electron chi connectivity index (χ2n) is 9.79. The number of amides is 1. The Hall–Kier alpha value is -3.57. The summed E-state index contributed by atoms with van der Waals surface area (Å²) in [5, 5.41) is 1.45. The van der Waals surface area contributed by atoms with Gasteiger partial charge >= 0.3 is 0 Å². The van der Waals surface area contributed by atoms with Gasteiger partial charge in [0.05, 0.1) is 19.0 Å². The Morgan fingerprint density at radius 3 is 2.35 bits per heavy atom. The van der Waals surface area contributed by atoms with Crippen LogP contribution in [0.4, 0.5) is 0 Å². The van der Waals surface area contributed by atoms with Crippen molar-refractivity contribution < 1.29 is 14.3 Å². The second kappa shape index (κ2) is 10.8. The molecule has 4 aromatic rings. The first-order valence-corrected chi connectivity index (χ1v) is 13.1. The number of rotatable bonds is 6. The van der Waals surface area contributed by atoms with Gasteiger partial charge in [-0.25, -0.2) is 0 Å². The highest BCUT2D eigenvalue weighted by Crippen LogP contribution is 2.32. The van der Waals surface area contributed by atoms with Gasteiger partial charge in [0.25, 0.3) is 5.91 Å². The monoisotopic (exact) mass is 514 g/mol. The number of halogens is 1. The summed E-state index contributed by atoms with van der Waals surface area (Å²) in [4.78, 5) is 29.0. The van der Waals surface area contributed by atoms with Crippen LogP contribution in [-0.4, -0.2) is 41.5 Å². The van der Waals surface area contributed by atoms with Crippen molar-refractivity contribution in [1.82, 2.24) is 9.47 Å². The van der Waals surface area contributed by atoms with Crippen molar-refractivity contribution in [3.05, 3.63) is 100 Å². The van der Waals surface area contributed by atoms with E-state index in [1.165, 1.54) is 5.56 Å². The molecule has 5 nitrogen and oxygen atoms in total.